The highest BCUT2D eigenvalue weighted by Gasteiger charge is 2.06. The Morgan fingerprint density at radius 1 is 1.50 bits per heavy atom. The van der Waals surface area contributed by atoms with Gasteiger partial charge < -0.3 is 11.1 Å². The van der Waals surface area contributed by atoms with Crippen LogP contribution < -0.4 is 11.1 Å². The fourth-order valence-corrected chi connectivity index (χ4v) is 1.08. The maximum atomic E-state index is 12.8. The van der Waals surface area contributed by atoms with E-state index in [0.717, 1.165) is 5.56 Å². The highest BCUT2D eigenvalue weighted by atomic mass is 19.1. The summed E-state index contributed by atoms with van der Waals surface area (Å²) in [6.45, 7) is 1.94. The average molecular weight is 168 g/mol. The number of nitrogens with one attached hydrogen (secondary N) is 1. The van der Waals surface area contributed by atoms with Crippen molar-refractivity contribution in [2.45, 2.75) is 13.0 Å². The largest absolute Gasteiger partial charge is 0.398 e. The lowest BCUT2D eigenvalue weighted by Gasteiger charge is -2.12. The fraction of sp³-hybridized carbons (Fsp3) is 0.333. The Kier molecular flexibility index (Phi) is 2.65. The lowest BCUT2D eigenvalue weighted by Crippen LogP contribution is -2.14. The summed E-state index contributed by atoms with van der Waals surface area (Å²) in [5.74, 6) is -0.249. The Labute approximate surface area is 71.6 Å². The molecule has 0 spiro atoms. The van der Waals surface area contributed by atoms with Crippen molar-refractivity contribution in [3.05, 3.63) is 29.6 Å². The molecular weight excluding hydrogens is 155 g/mol. The molecule has 0 heterocycles. The number of halogens is 1. The molecule has 2 nitrogen and oxygen atoms in total. The lowest BCUT2D eigenvalue weighted by atomic mass is 10.1. The SMILES string of the molecule is CN[C@@H](C)c1cc(F)ccc1N. The standard InChI is InChI=1S/C9H13FN2/c1-6(12-2)8-5-7(10)3-4-9(8)11/h3-6,12H,11H2,1-2H3/t6-/m0/s1. The van der Waals surface area contributed by atoms with Gasteiger partial charge in [-0.05, 0) is 37.7 Å². The van der Waals surface area contributed by atoms with Gasteiger partial charge in [0.05, 0.1) is 0 Å². The highest BCUT2D eigenvalue weighted by molar-refractivity contribution is 5.48. The first-order valence-electron chi connectivity index (χ1n) is 3.87. The highest BCUT2D eigenvalue weighted by Crippen LogP contribution is 2.20. The Bertz CT molecular complexity index is 273. The van der Waals surface area contributed by atoms with Crippen LogP contribution in [0.1, 0.15) is 18.5 Å². The molecule has 0 amide bonds. The van der Waals surface area contributed by atoms with Gasteiger partial charge in [0.2, 0.25) is 0 Å². The lowest BCUT2D eigenvalue weighted by molar-refractivity contribution is 0.610. The molecule has 0 saturated heterocycles. The average Bonchev–Trinajstić information content (AvgIpc) is 2.08. The van der Waals surface area contributed by atoms with Crippen LogP contribution >= 0.6 is 0 Å². The third-order valence-electron chi connectivity index (χ3n) is 1.95. The van der Waals surface area contributed by atoms with Gasteiger partial charge in [-0.3, -0.25) is 0 Å². The predicted molar refractivity (Wildman–Crippen MR) is 48.3 cm³/mol. The Morgan fingerprint density at radius 2 is 2.17 bits per heavy atom. The second-order valence-electron chi connectivity index (χ2n) is 2.78. The van der Waals surface area contributed by atoms with Crippen LogP contribution in [0.15, 0.2) is 18.2 Å². The molecule has 1 rings (SSSR count). The molecule has 0 saturated carbocycles. The van der Waals surface area contributed by atoms with Crippen LogP contribution in [0.3, 0.4) is 0 Å². The normalized spacial score (nSPS) is 12.9. The van der Waals surface area contributed by atoms with Crippen molar-refractivity contribution in [3.63, 3.8) is 0 Å². The van der Waals surface area contributed by atoms with Gasteiger partial charge in [-0.15, -0.1) is 0 Å². The van der Waals surface area contributed by atoms with E-state index in [0.29, 0.717) is 5.69 Å². The number of nitrogen functional groups attached to an aromatic ring is 1. The van der Waals surface area contributed by atoms with Crippen molar-refractivity contribution in [2.75, 3.05) is 12.8 Å². The summed E-state index contributed by atoms with van der Waals surface area (Å²) in [5, 5.41) is 3.00. The zero-order chi connectivity index (χ0) is 9.14. The van der Waals surface area contributed by atoms with Crippen LogP contribution in [-0.2, 0) is 0 Å². The minimum atomic E-state index is -0.249. The Morgan fingerprint density at radius 3 is 2.75 bits per heavy atom. The smallest absolute Gasteiger partial charge is 0.123 e. The number of nitrogens with two attached hydrogens (primary N) is 1. The summed E-state index contributed by atoms with van der Waals surface area (Å²) < 4.78 is 12.8. The van der Waals surface area contributed by atoms with Crippen LogP contribution in [0.4, 0.5) is 10.1 Å². The zero-order valence-electron chi connectivity index (χ0n) is 7.26. The topological polar surface area (TPSA) is 38.0 Å². The molecule has 1 aromatic rings. The maximum absolute atomic E-state index is 12.8. The molecule has 0 bridgehead atoms. The van der Waals surface area contributed by atoms with Crippen molar-refractivity contribution in [3.8, 4) is 0 Å². The number of rotatable bonds is 2. The van der Waals surface area contributed by atoms with E-state index in [4.69, 9.17) is 5.73 Å². The van der Waals surface area contributed by atoms with E-state index in [1.54, 1.807) is 6.07 Å². The molecule has 1 aromatic carbocycles. The summed E-state index contributed by atoms with van der Waals surface area (Å²) in [6, 6.07) is 4.48. The van der Waals surface area contributed by atoms with Gasteiger partial charge in [0.25, 0.3) is 0 Å². The second kappa shape index (κ2) is 3.54. The van der Waals surface area contributed by atoms with Crippen LogP contribution in [0.2, 0.25) is 0 Å². The van der Waals surface area contributed by atoms with E-state index in [1.165, 1.54) is 12.1 Å². The molecule has 3 heteroatoms. The van der Waals surface area contributed by atoms with E-state index in [-0.39, 0.29) is 11.9 Å². The van der Waals surface area contributed by atoms with Gasteiger partial charge >= 0.3 is 0 Å². The molecule has 1 atom stereocenters. The van der Waals surface area contributed by atoms with Gasteiger partial charge in [-0.1, -0.05) is 0 Å². The molecule has 0 unspecified atom stereocenters. The maximum Gasteiger partial charge on any atom is 0.123 e. The summed E-state index contributed by atoms with van der Waals surface area (Å²) >= 11 is 0. The first-order chi connectivity index (χ1) is 5.65. The monoisotopic (exact) mass is 168 g/mol. The molecular formula is C9H13FN2. The zero-order valence-corrected chi connectivity index (χ0v) is 7.26. The molecule has 0 fully saturated rings. The van der Waals surface area contributed by atoms with Crippen molar-refractivity contribution < 1.29 is 4.39 Å². The van der Waals surface area contributed by atoms with Gasteiger partial charge in [0, 0.05) is 11.7 Å². The molecule has 0 aliphatic heterocycles. The van der Waals surface area contributed by atoms with Crippen molar-refractivity contribution in [1.29, 1.82) is 0 Å². The van der Waals surface area contributed by atoms with Gasteiger partial charge in [-0.2, -0.15) is 0 Å². The molecule has 3 N–H and O–H groups in total. The van der Waals surface area contributed by atoms with Crippen LogP contribution in [-0.4, -0.2) is 7.05 Å². The van der Waals surface area contributed by atoms with Crippen LogP contribution in [0.5, 0.6) is 0 Å². The van der Waals surface area contributed by atoms with Gasteiger partial charge in [0.1, 0.15) is 5.82 Å². The number of hydrogen-bond acceptors (Lipinski definition) is 2. The van der Waals surface area contributed by atoms with Crippen molar-refractivity contribution in [1.82, 2.24) is 5.32 Å². The van der Waals surface area contributed by atoms with E-state index in [2.05, 4.69) is 5.32 Å². The summed E-state index contributed by atoms with van der Waals surface area (Å²) in [4.78, 5) is 0. The third kappa shape index (κ3) is 1.74. The summed E-state index contributed by atoms with van der Waals surface area (Å²) in [6.07, 6.45) is 0. The molecule has 0 aliphatic carbocycles. The summed E-state index contributed by atoms with van der Waals surface area (Å²) in [7, 11) is 1.81. The molecule has 0 aliphatic rings. The number of hydrogen-bond donors (Lipinski definition) is 2. The van der Waals surface area contributed by atoms with E-state index in [9.17, 15) is 4.39 Å². The third-order valence-corrected chi connectivity index (χ3v) is 1.95. The van der Waals surface area contributed by atoms with Crippen molar-refractivity contribution in [2.24, 2.45) is 0 Å². The van der Waals surface area contributed by atoms with Crippen molar-refractivity contribution >= 4 is 5.69 Å². The van der Waals surface area contributed by atoms with E-state index >= 15 is 0 Å². The molecule has 12 heavy (non-hydrogen) atoms. The number of anilines is 1. The minimum absolute atomic E-state index is 0.0840. The predicted octanol–water partition coefficient (Wildman–Crippen LogP) is 1.69. The Hall–Kier alpha value is -1.09. The Balaban J connectivity index is 3.04. The second-order valence-corrected chi connectivity index (χ2v) is 2.78. The van der Waals surface area contributed by atoms with Gasteiger partial charge in [-0.25, -0.2) is 4.39 Å². The summed E-state index contributed by atoms with van der Waals surface area (Å²) in [5.41, 5.74) is 7.09. The van der Waals surface area contributed by atoms with Crippen LogP contribution in [0.25, 0.3) is 0 Å². The van der Waals surface area contributed by atoms with E-state index in [1.807, 2.05) is 14.0 Å². The van der Waals surface area contributed by atoms with Gasteiger partial charge in [0.15, 0.2) is 0 Å². The quantitative estimate of drug-likeness (QED) is 0.659. The minimum Gasteiger partial charge on any atom is -0.398 e. The fourth-order valence-electron chi connectivity index (χ4n) is 1.08. The molecule has 0 radical (unpaired) electrons. The molecule has 0 aromatic heterocycles. The first kappa shape index (κ1) is 9.00. The number of benzene rings is 1. The molecule has 66 valence electrons. The van der Waals surface area contributed by atoms with Crippen LogP contribution in [0, 0.1) is 5.82 Å². The first-order valence-corrected chi connectivity index (χ1v) is 3.87. The van der Waals surface area contributed by atoms with E-state index < -0.39 is 0 Å².